The van der Waals surface area contributed by atoms with Crippen LogP contribution in [0.4, 0.5) is 4.79 Å². The molecule has 1 aliphatic heterocycles. The van der Waals surface area contributed by atoms with Crippen molar-refractivity contribution in [1.29, 1.82) is 0 Å². The van der Waals surface area contributed by atoms with Gasteiger partial charge in [-0.3, -0.25) is 9.89 Å². The predicted octanol–water partition coefficient (Wildman–Crippen LogP) is 0.244. The Labute approximate surface area is 116 Å². The van der Waals surface area contributed by atoms with Crippen LogP contribution in [0.3, 0.4) is 0 Å². The molecule has 0 saturated carbocycles. The third kappa shape index (κ3) is 4.22. The van der Waals surface area contributed by atoms with Gasteiger partial charge >= 0.3 is 6.09 Å². The van der Waals surface area contributed by atoms with E-state index in [-0.39, 0.29) is 5.91 Å². The van der Waals surface area contributed by atoms with Gasteiger partial charge in [0.05, 0.1) is 11.9 Å². The molecule has 8 heteroatoms. The van der Waals surface area contributed by atoms with Crippen LogP contribution in [0.5, 0.6) is 0 Å². The van der Waals surface area contributed by atoms with E-state index in [1.807, 2.05) is 0 Å². The Morgan fingerprint density at radius 1 is 1.45 bits per heavy atom. The van der Waals surface area contributed by atoms with E-state index in [0.29, 0.717) is 38.4 Å². The van der Waals surface area contributed by atoms with E-state index in [1.54, 1.807) is 6.20 Å². The van der Waals surface area contributed by atoms with E-state index >= 15 is 0 Å². The molecule has 0 bridgehead atoms. The van der Waals surface area contributed by atoms with E-state index in [0.717, 1.165) is 18.5 Å². The van der Waals surface area contributed by atoms with Crippen molar-refractivity contribution in [1.82, 2.24) is 25.6 Å². The number of aromatic nitrogens is 3. The van der Waals surface area contributed by atoms with Crippen LogP contribution in [0.15, 0.2) is 6.20 Å². The quantitative estimate of drug-likeness (QED) is 0.716. The Kier molecular flexibility index (Phi) is 4.91. The fourth-order valence-corrected chi connectivity index (χ4v) is 2.26. The molecule has 1 aliphatic rings. The van der Waals surface area contributed by atoms with Crippen molar-refractivity contribution in [3.63, 3.8) is 0 Å². The fourth-order valence-electron chi connectivity index (χ4n) is 2.26. The van der Waals surface area contributed by atoms with Gasteiger partial charge in [0.25, 0.3) is 0 Å². The molecule has 3 N–H and O–H groups in total. The Morgan fingerprint density at radius 3 is 2.80 bits per heavy atom. The lowest BCUT2D eigenvalue weighted by molar-refractivity contribution is -0.121. The molecule has 2 amide bonds. The first kappa shape index (κ1) is 14.3. The normalized spacial score (nSPS) is 16.1. The Balaban J connectivity index is 1.61. The van der Waals surface area contributed by atoms with Crippen LogP contribution in [0.2, 0.25) is 0 Å². The molecule has 0 aliphatic carbocycles. The van der Waals surface area contributed by atoms with Crippen LogP contribution in [0.25, 0.3) is 0 Å². The number of rotatable bonds is 5. The number of nitrogens with zero attached hydrogens (tertiary/aromatic N) is 3. The highest BCUT2D eigenvalue weighted by molar-refractivity contribution is 5.76. The van der Waals surface area contributed by atoms with Crippen molar-refractivity contribution in [2.75, 3.05) is 19.6 Å². The van der Waals surface area contributed by atoms with E-state index in [9.17, 15) is 9.59 Å². The lowest BCUT2D eigenvalue weighted by Crippen LogP contribution is -2.40. The van der Waals surface area contributed by atoms with Gasteiger partial charge in [-0.1, -0.05) is 5.21 Å². The Bertz CT molecular complexity index is 440. The summed E-state index contributed by atoms with van der Waals surface area (Å²) in [5.74, 6) is 0.364. The maximum absolute atomic E-state index is 11.7. The molecular formula is C12H19N5O3. The minimum absolute atomic E-state index is 0.000245. The predicted molar refractivity (Wildman–Crippen MR) is 70.0 cm³/mol. The SMILES string of the molecule is O=C(CCc1cnn[nH]1)NCC1CCN(C(=O)O)CC1. The summed E-state index contributed by atoms with van der Waals surface area (Å²) >= 11 is 0. The lowest BCUT2D eigenvalue weighted by Gasteiger charge is -2.29. The maximum atomic E-state index is 11.7. The van der Waals surface area contributed by atoms with Crippen molar-refractivity contribution < 1.29 is 14.7 Å². The van der Waals surface area contributed by atoms with Crippen molar-refractivity contribution >= 4 is 12.0 Å². The Morgan fingerprint density at radius 2 is 2.20 bits per heavy atom. The second-order valence-electron chi connectivity index (χ2n) is 5.00. The van der Waals surface area contributed by atoms with Crippen molar-refractivity contribution in [2.24, 2.45) is 5.92 Å². The van der Waals surface area contributed by atoms with E-state index in [4.69, 9.17) is 5.11 Å². The van der Waals surface area contributed by atoms with Crippen LogP contribution in [-0.4, -0.2) is 57.1 Å². The highest BCUT2D eigenvalue weighted by atomic mass is 16.4. The molecule has 0 atom stereocenters. The van der Waals surface area contributed by atoms with Gasteiger partial charge in [0.2, 0.25) is 5.91 Å². The molecule has 1 saturated heterocycles. The molecule has 8 nitrogen and oxygen atoms in total. The van der Waals surface area contributed by atoms with Crippen molar-refractivity contribution in [3.8, 4) is 0 Å². The number of H-pyrrole nitrogens is 1. The summed E-state index contributed by atoms with van der Waals surface area (Å²) < 4.78 is 0. The minimum atomic E-state index is -0.861. The summed E-state index contributed by atoms with van der Waals surface area (Å²) in [6, 6.07) is 0. The first-order valence-electron chi connectivity index (χ1n) is 6.74. The molecule has 20 heavy (non-hydrogen) atoms. The number of carbonyl (C=O) groups is 2. The number of hydrogen-bond donors (Lipinski definition) is 3. The number of carboxylic acid groups (broad SMARTS) is 1. The topological polar surface area (TPSA) is 111 Å². The standard InChI is InChI=1S/C12H19N5O3/c18-11(2-1-10-8-14-16-15-10)13-7-9-3-5-17(6-4-9)12(19)20/h8-9H,1-7H2,(H,13,18)(H,19,20)(H,14,15,16). The van der Waals surface area contributed by atoms with E-state index in [1.165, 1.54) is 4.90 Å². The third-order valence-corrected chi connectivity index (χ3v) is 3.56. The lowest BCUT2D eigenvalue weighted by atomic mass is 9.97. The summed E-state index contributed by atoms with van der Waals surface area (Å²) in [6.07, 6.45) is 3.34. The first-order chi connectivity index (χ1) is 9.65. The van der Waals surface area contributed by atoms with Gasteiger partial charge in [-0.25, -0.2) is 4.79 Å². The van der Waals surface area contributed by atoms with Crippen LogP contribution >= 0.6 is 0 Å². The van der Waals surface area contributed by atoms with Crippen LogP contribution in [-0.2, 0) is 11.2 Å². The average molecular weight is 281 g/mol. The van der Waals surface area contributed by atoms with Gasteiger partial charge in [-0.15, -0.1) is 5.10 Å². The number of carbonyl (C=O) groups excluding carboxylic acids is 1. The third-order valence-electron chi connectivity index (χ3n) is 3.56. The molecule has 0 spiro atoms. The van der Waals surface area contributed by atoms with Gasteiger partial charge in [-0.05, 0) is 25.2 Å². The zero-order valence-corrected chi connectivity index (χ0v) is 11.2. The van der Waals surface area contributed by atoms with E-state index < -0.39 is 6.09 Å². The number of nitrogens with one attached hydrogen (secondary N) is 2. The number of likely N-dealkylation sites (tertiary alicyclic amines) is 1. The Hall–Kier alpha value is -2.12. The van der Waals surface area contributed by atoms with Crippen LogP contribution < -0.4 is 5.32 Å². The monoisotopic (exact) mass is 281 g/mol. The zero-order valence-electron chi connectivity index (χ0n) is 11.2. The molecule has 110 valence electrons. The maximum Gasteiger partial charge on any atom is 0.407 e. The van der Waals surface area contributed by atoms with Gasteiger partial charge in [-0.2, -0.15) is 0 Å². The number of hydrogen-bond acceptors (Lipinski definition) is 4. The van der Waals surface area contributed by atoms with Gasteiger partial charge < -0.3 is 15.3 Å². The summed E-state index contributed by atoms with van der Waals surface area (Å²) in [5, 5.41) is 21.7. The molecule has 0 unspecified atom stereocenters. The second kappa shape index (κ2) is 6.88. The highest BCUT2D eigenvalue weighted by Gasteiger charge is 2.22. The first-order valence-corrected chi connectivity index (χ1v) is 6.74. The van der Waals surface area contributed by atoms with Gasteiger partial charge in [0.1, 0.15) is 0 Å². The minimum Gasteiger partial charge on any atom is -0.465 e. The molecule has 1 aromatic heterocycles. The summed E-state index contributed by atoms with van der Waals surface area (Å²) in [5.41, 5.74) is 0.843. The fraction of sp³-hybridized carbons (Fsp3) is 0.667. The largest absolute Gasteiger partial charge is 0.465 e. The van der Waals surface area contributed by atoms with Crippen molar-refractivity contribution in [2.45, 2.75) is 25.7 Å². The van der Waals surface area contributed by atoms with E-state index in [2.05, 4.69) is 20.7 Å². The summed E-state index contributed by atoms with van der Waals surface area (Å²) in [7, 11) is 0. The van der Waals surface area contributed by atoms with Crippen LogP contribution in [0.1, 0.15) is 25.0 Å². The molecule has 0 aromatic carbocycles. The molecule has 1 fully saturated rings. The molecule has 1 aromatic rings. The molecular weight excluding hydrogens is 262 g/mol. The number of amides is 2. The van der Waals surface area contributed by atoms with Crippen molar-refractivity contribution in [3.05, 3.63) is 11.9 Å². The van der Waals surface area contributed by atoms with Gasteiger partial charge in [0.15, 0.2) is 0 Å². The summed E-state index contributed by atoms with van der Waals surface area (Å²) in [6.45, 7) is 1.72. The zero-order chi connectivity index (χ0) is 14.4. The average Bonchev–Trinajstić information content (AvgIpc) is 2.96. The molecule has 2 rings (SSSR count). The van der Waals surface area contributed by atoms with Crippen LogP contribution in [0, 0.1) is 5.92 Å². The smallest absolute Gasteiger partial charge is 0.407 e. The number of aromatic amines is 1. The highest BCUT2D eigenvalue weighted by Crippen LogP contribution is 2.16. The van der Waals surface area contributed by atoms with Gasteiger partial charge in [0, 0.05) is 26.1 Å². The molecule has 2 heterocycles. The molecule has 0 radical (unpaired) electrons. The number of piperidine rings is 1. The summed E-state index contributed by atoms with van der Waals surface area (Å²) in [4.78, 5) is 23.9. The second-order valence-corrected chi connectivity index (χ2v) is 5.00. The number of aryl methyl sites for hydroxylation is 1.